The van der Waals surface area contributed by atoms with Crippen molar-refractivity contribution in [3.8, 4) is 0 Å². The number of carbonyl (C=O) groups excluding carboxylic acids is 1. The summed E-state index contributed by atoms with van der Waals surface area (Å²) in [6.07, 6.45) is 0.781. The zero-order chi connectivity index (χ0) is 19.2. The molecule has 0 bridgehead atoms. The van der Waals surface area contributed by atoms with E-state index in [1.807, 2.05) is 12.1 Å². The van der Waals surface area contributed by atoms with Gasteiger partial charge in [-0.3, -0.25) is 4.79 Å². The number of benzene rings is 2. The van der Waals surface area contributed by atoms with Crippen molar-refractivity contribution in [3.63, 3.8) is 0 Å². The molecule has 0 spiro atoms. The van der Waals surface area contributed by atoms with Crippen molar-refractivity contribution < 1.29 is 21.8 Å². The van der Waals surface area contributed by atoms with Gasteiger partial charge in [0, 0.05) is 17.7 Å². The average Bonchev–Trinajstić information content (AvgIpc) is 2.73. The third-order valence-electron chi connectivity index (χ3n) is 4.59. The van der Waals surface area contributed by atoms with Crippen LogP contribution in [0.25, 0.3) is 0 Å². The number of hydrogen-bond donors (Lipinski definition) is 0. The highest BCUT2D eigenvalue weighted by atomic mass is 32.2. The molecule has 27 heavy (non-hydrogen) atoms. The van der Waals surface area contributed by atoms with E-state index in [-0.39, 0.29) is 11.3 Å². The van der Waals surface area contributed by atoms with E-state index in [0.29, 0.717) is 17.8 Å². The van der Waals surface area contributed by atoms with Gasteiger partial charge in [-0.15, -0.1) is 0 Å². The molecule has 8 heteroatoms. The predicted molar refractivity (Wildman–Crippen MR) is 98.9 cm³/mol. The minimum Gasteiger partial charge on any atom is -0.307 e. The molecule has 0 aliphatic carbocycles. The van der Waals surface area contributed by atoms with Gasteiger partial charge in [0.15, 0.2) is 0 Å². The molecule has 140 valence electrons. The summed E-state index contributed by atoms with van der Waals surface area (Å²) in [7, 11) is -3.95. The molecule has 2 heterocycles. The van der Waals surface area contributed by atoms with Crippen molar-refractivity contribution in [3.05, 3.63) is 65.0 Å². The van der Waals surface area contributed by atoms with Crippen LogP contribution < -0.4 is 4.90 Å². The van der Waals surface area contributed by atoms with Crippen LogP contribution in [0.3, 0.4) is 0 Å². The van der Waals surface area contributed by atoms with Crippen molar-refractivity contribution in [2.24, 2.45) is 4.99 Å². The molecular formula is C19H17FN2O4S. The maximum absolute atomic E-state index is 14.5. The fourth-order valence-corrected chi connectivity index (χ4v) is 3.99. The number of aliphatic imine (C=N–C) groups is 1. The lowest BCUT2D eigenvalue weighted by atomic mass is 9.93. The van der Waals surface area contributed by atoms with Crippen molar-refractivity contribution in [2.75, 3.05) is 17.7 Å². The Morgan fingerprint density at radius 2 is 1.89 bits per heavy atom. The lowest BCUT2D eigenvalue weighted by Gasteiger charge is -2.30. The molecule has 2 aromatic carbocycles. The molecule has 6 nitrogen and oxygen atoms in total. The zero-order valence-electron chi connectivity index (χ0n) is 14.6. The smallest absolute Gasteiger partial charge is 0.280 e. The molecule has 0 N–H and O–H groups in total. The molecule has 2 aliphatic heterocycles. The van der Waals surface area contributed by atoms with Crippen LogP contribution >= 0.6 is 0 Å². The molecule has 1 amide bonds. The number of halogens is 1. The van der Waals surface area contributed by atoms with E-state index in [9.17, 15) is 17.6 Å². The Balaban J connectivity index is 1.99. The second kappa shape index (κ2) is 6.54. The summed E-state index contributed by atoms with van der Waals surface area (Å²) in [6.45, 7) is 0.423. The van der Waals surface area contributed by atoms with Gasteiger partial charge < -0.3 is 4.90 Å². The molecule has 0 aromatic heterocycles. The molecule has 0 radical (unpaired) electrons. The number of rotatable bonds is 3. The van der Waals surface area contributed by atoms with E-state index in [0.717, 1.165) is 24.7 Å². The summed E-state index contributed by atoms with van der Waals surface area (Å²) in [6, 6.07) is 11.6. The Morgan fingerprint density at radius 3 is 2.63 bits per heavy atom. The Bertz CT molecular complexity index is 1070. The van der Waals surface area contributed by atoms with E-state index >= 15 is 0 Å². The lowest BCUT2D eigenvalue weighted by molar-refractivity contribution is -0.124. The van der Waals surface area contributed by atoms with Crippen molar-refractivity contribution in [2.45, 2.75) is 19.1 Å². The maximum atomic E-state index is 14.5. The fraction of sp³-hybridized carbons (Fsp3) is 0.263. The first kappa shape index (κ1) is 17.8. The van der Waals surface area contributed by atoms with E-state index in [4.69, 9.17) is 4.18 Å². The van der Waals surface area contributed by atoms with Crippen LogP contribution in [-0.4, -0.2) is 39.1 Å². The molecule has 2 aliphatic rings. The van der Waals surface area contributed by atoms with Gasteiger partial charge in [-0.25, -0.2) is 13.6 Å². The van der Waals surface area contributed by atoms with Crippen LogP contribution in [0.4, 0.5) is 10.1 Å². The molecule has 0 saturated carbocycles. The lowest BCUT2D eigenvalue weighted by Crippen LogP contribution is -2.42. The number of nitrogens with zero attached hydrogens (tertiary/aromatic N) is 2. The topological polar surface area (TPSA) is 76.0 Å². The number of para-hydroxylation sites is 1. The van der Waals surface area contributed by atoms with E-state index in [1.165, 1.54) is 11.0 Å². The summed E-state index contributed by atoms with van der Waals surface area (Å²) < 4.78 is 42.8. The molecule has 2 aromatic rings. The van der Waals surface area contributed by atoms with Crippen molar-refractivity contribution >= 4 is 27.4 Å². The first-order chi connectivity index (χ1) is 12.8. The molecule has 4 rings (SSSR count). The largest absolute Gasteiger partial charge is 0.307 e. The van der Waals surface area contributed by atoms with Crippen LogP contribution in [0.2, 0.25) is 0 Å². The van der Waals surface area contributed by atoms with Gasteiger partial charge in [0.25, 0.3) is 16.0 Å². The number of amides is 1. The second-order valence-corrected chi connectivity index (χ2v) is 8.12. The average molecular weight is 388 g/mol. The summed E-state index contributed by atoms with van der Waals surface area (Å²) in [5.41, 5.74) is 2.57. The van der Waals surface area contributed by atoms with Crippen molar-refractivity contribution in [1.29, 1.82) is 0 Å². The Hall–Kier alpha value is -2.58. The maximum Gasteiger partial charge on any atom is 0.280 e. The van der Waals surface area contributed by atoms with Gasteiger partial charge in [-0.05, 0) is 30.5 Å². The fourth-order valence-electron chi connectivity index (χ4n) is 3.53. The van der Waals surface area contributed by atoms with Crippen LogP contribution in [-0.2, 0) is 25.5 Å². The van der Waals surface area contributed by atoms with Crippen LogP contribution in [0, 0.1) is 5.82 Å². The van der Waals surface area contributed by atoms with Gasteiger partial charge >= 0.3 is 0 Å². The minimum absolute atomic E-state index is 0.188. The molecular weight excluding hydrogens is 371 g/mol. The summed E-state index contributed by atoms with van der Waals surface area (Å²) in [4.78, 5) is 18.8. The number of aryl methyl sites for hydroxylation is 1. The quantitative estimate of drug-likeness (QED) is 0.756. The summed E-state index contributed by atoms with van der Waals surface area (Å²) >= 11 is 0. The van der Waals surface area contributed by atoms with E-state index in [1.54, 1.807) is 24.3 Å². The van der Waals surface area contributed by atoms with Gasteiger partial charge in [0.05, 0.1) is 17.7 Å². The third-order valence-corrected chi connectivity index (χ3v) is 5.12. The van der Waals surface area contributed by atoms with Crippen LogP contribution in [0.15, 0.2) is 47.5 Å². The van der Waals surface area contributed by atoms with Crippen molar-refractivity contribution in [1.82, 2.24) is 0 Å². The minimum atomic E-state index is -3.95. The van der Waals surface area contributed by atoms with Crippen LogP contribution in [0.1, 0.15) is 23.1 Å². The Morgan fingerprint density at radius 1 is 1.15 bits per heavy atom. The number of anilines is 1. The highest BCUT2D eigenvalue weighted by molar-refractivity contribution is 7.86. The normalized spacial score (nSPS) is 19.3. The summed E-state index contributed by atoms with van der Waals surface area (Å²) in [5.74, 6) is -1.08. The number of hydrogen-bond acceptors (Lipinski definition) is 5. The summed E-state index contributed by atoms with van der Waals surface area (Å²) in [5, 5.41) is 0. The SMILES string of the molecule is CS(=O)(=O)OC1N=C(c2ccccc2F)c2cccc3c2N(CCC3)C1=O. The first-order valence-corrected chi connectivity index (χ1v) is 10.3. The van der Waals surface area contributed by atoms with Crippen LogP contribution in [0.5, 0.6) is 0 Å². The van der Waals surface area contributed by atoms with E-state index in [2.05, 4.69) is 4.99 Å². The first-order valence-electron chi connectivity index (χ1n) is 8.50. The van der Waals surface area contributed by atoms with Gasteiger partial charge in [-0.1, -0.05) is 30.3 Å². The number of carbonyl (C=O) groups is 1. The second-order valence-electron chi connectivity index (χ2n) is 6.52. The molecule has 0 fully saturated rings. The highest BCUT2D eigenvalue weighted by Crippen LogP contribution is 2.36. The van der Waals surface area contributed by atoms with Gasteiger partial charge in [-0.2, -0.15) is 8.42 Å². The Labute approximate surface area is 156 Å². The van der Waals surface area contributed by atoms with Gasteiger partial charge in [0.2, 0.25) is 6.23 Å². The van der Waals surface area contributed by atoms with Gasteiger partial charge in [0.1, 0.15) is 5.82 Å². The highest BCUT2D eigenvalue weighted by Gasteiger charge is 2.37. The monoisotopic (exact) mass is 388 g/mol. The molecule has 1 unspecified atom stereocenters. The van der Waals surface area contributed by atoms with E-state index < -0.39 is 28.1 Å². The Kier molecular flexibility index (Phi) is 4.32. The molecule has 1 atom stereocenters. The molecule has 0 saturated heterocycles. The standard InChI is InChI=1S/C19H17FN2O4S/c1-27(24,25)26-18-19(23)22-11-5-7-12-6-4-9-14(17(12)22)16(21-18)13-8-2-3-10-15(13)20/h2-4,6,8-10,18H,5,7,11H2,1H3. The zero-order valence-corrected chi connectivity index (χ0v) is 15.4. The predicted octanol–water partition coefficient (Wildman–Crippen LogP) is 2.26. The third kappa shape index (κ3) is 3.26.